The van der Waals surface area contributed by atoms with Crippen molar-refractivity contribution >= 4 is 11.0 Å². The van der Waals surface area contributed by atoms with Crippen LogP contribution in [0.5, 0.6) is 0 Å². The molecule has 1 fully saturated rings. The molecule has 2 aromatic rings. The molecule has 1 aromatic carbocycles. The minimum Gasteiger partial charge on any atom is -0.372 e. The molecule has 0 amide bonds. The van der Waals surface area contributed by atoms with E-state index in [2.05, 4.69) is 4.98 Å². The molecule has 4 nitrogen and oxygen atoms in total. The van der Waals surface area contributed by atoms with Crippen molar-refractivity contribution in [3.8, 4) is 0 Å². The van der Waals surface area contributed by atoms with E-state index >= 15 is 0 Å². The van der Waals surface area contributed by atoms with Crippen molar-refractivity contribution in [2.75, 3.05) is 6.61 Å². The molecular formula is C13H13FN2O2. The molecule has 1 atom stereocenters. The highest BCUT2D eigenvalue weighted by molar-refractivity contribution is 5.74. The summed E-state index contributed by atoms with van der Waals surface area (Å²) in [5, 5.41) is 0. The zero-order valence-corrected chi connectivity index (χ0v) is 10.0. The third-order valence-corrected chi connectivity index (χ3v) is 3.30. The lowest BCUT2D eigenvalue weighted by Crippen LogP contribution is -2.25. The first-order valence-corrected chi connectivity index (χ1v) is 5.94. The number of rotatable bonds is 1. The van der Waals surface area contributed by atoms with Crippen LogP contribution in [0.2, 0.25) is 0 Å². The van der Waals surface area contributed by atoms with Gasteiger partial charge < -0.3 is 9.30 Å². The number of benzene rings is 1. The van der Waals surface area contributed by atoms with Gasteiger partial charge in [0.25, 0.3) is 5.56 Å². The smallest absolute Gasteiger partial charge is 0.275 e. The fraction of sp³-hybridized carbons (Fsp3) is 0.385. The van der Waals surface area contributed by atoms with Crippen LogP contribution in [0.15, 0.2) is 23.0 Å². The highest BCUT2D eigenvalue weighted by Crippen LogP contribution is 2.26. The quantitative estimate of drug-likeness (QED) is 0.774. The second kappa shape index (κ2) is 4.17. The average Bonchev–Trinajstić information content (AvgIpc) is 2.88. The minimum absolute atomic E-state index is 0.208. The monoisotopic (exact) mass is 248 g/mol. The Kier molecular flexibility index (Phi) is 2.63. The highest BCUT2D eigenvalue weighted by atomic mass is 19.1. The Labute approximate surface area is 103 Å². The van der Waals surface area contributed by atoms with E-state index in [9.17, 15) is 9.18 Å². The van der Waals surface area contributed by atoms with Crippen LogP contribution in [0.25, 0.3) is 11.0 Å². The van der Waals surface area contributed by atoms with Crippen molar-refractivity contribution < 1.29 is 9.13 Å². The van der Waals surface area contributed by atoms with Gasteiger partial charge in [-0.25, -0.2) is 9.37 Å². The van der Waals surface area contributed by atoms with Crippen LogP contribution in [-0.4, -0.2) is 16.2 Å². The van der Waals surface area contributed by atoms with E-state index in [4.69, 9.17) is 4.74 Å². The lowest BCUT2D eigenvalue weighted by atomic mass is 10.1. The van der Waals surface area contributed by atoms with E-state index in [1.807, 2.05) is 0 Å². The maximum atomic E-state index is 13.2. The maximum absolute atomic E-state index is 13.2. The Morgan fingerprint density at radius 2 is 2.33 bits per heavy atom. The van der Waals surface area contributed by atoms with E-state index in [1.165, 1.54) is 16.7 Å². The second-order valence-electron chi connectivity index (χ2n) is 4.50. The van der Waals surface area contributed by atoms with Crippen LogP contribution >= 0.6 is 0 Å². The molecule has 1 aliphatic heterocycles. The summed E-state index contributed by atoms with van der Waals surface area (Å²) in [6.45, 7) is 0.664. The number of fused-ring (bicyclic) bond motifs is 1. The summed E-state index contributed by atoms with van der Waals surface area (Å²) in [5.41, 5.74) is 1.33. The van der Waals surface area contributed by atoms with Crippen molar-refractivity contribution in [3.63, 3.8) is 0 Å². The van der Waals surface area contributed by atoms with Crippen molar-refractivity contribution in [1.82, 2.24) is 9.55 Å². The molecule has 2 heterocycles. The topological polar surface area (TPSA) is 44.1 Å². The van der Waals surface area contributed by atoms with Crippen LogP contribution in [0.3, 0.4) is 0 Å². The van der Waals surface area contributed by atoms with Crippen LogP contribution in [0, 0.1) is 5.82 Å². The van der Waals surface area contributed by atoms with Gasteiger partial charge in [0, 0.05) is 13.7 Å². The molecule has 0 N–H and O–H groups in total. The number of halogens is 1. The van der Waals surface area contributed by atoms with Crippen molar-refractivity contribution in [3.05, 3.63) is 40.1 Å². The standard InChI is InChI=1S/C13H13FN2O2/c1-16-10-7-8(14)4-5-9(10)15-12(13(16)17)11-3-2-6-18-11/h4-5,7,11H,2-3,6H2,1H3. The summed E-state index contributed by atoms with van der Waals surface area (Å²) in [7, 11) is 1.63. The first-order valence-electron chi connectivity index (χ1n) is 5.94. The SMILES string of the molecule is Cn1c(=O)c(C2CCCO2)nc2ccc(F)cc21. The number of aryl methyl sites for hydroxylation is 1. The fourth-order valence-electron chi connectivity index (χ4n) is 2.32. The van der Waals surface area contributed by atoms with Gasteiger partial charge in [-0.1, -0.05) is 0 Å². The van der Waals surface area contributed by atoms with Crippen LogP contribution in [-0.2, 0) is 11.8 Å². The highest BCUT2D eigenvalue weighted by Gasteiger charge is 2.23. The molecular weight excluding hydrogens is 235 g/mol. The van der Waals surface area contributed by atoms with Crippen LogP contribution in [0.4, 0.5) is 4.39 Å². The minimum atomic E-state index is -0.371. The van der Waals surface area contributed by atoms with Crippen molar-refractivity contribution in [2.45, 2.75) is 18.9 Å². The predicted molar refractivity (Wildman–Crippen MR) is 64.9 cm³/mol. The lowest BCUT2D eigenvalue weighted by Gasteiger charge is -2.12. The molecule has 1 aliphatic rings. The van der Waals surface area contributed by atoms with E-state index in [-0.39, 0.29) is 17.5 Å². The van der Waals surface area contributed by atoms with Gasteiger partial charge in [-0.05, 0) is 31.0 Å². The molecule has 1 saturated heterocycles. The fourth-order valence-corrected chi connectivity index (χ4v) is 2.32. The number of aromatic nitrogens is 2. The van der Waals surface area contributed by atoms with Crippen molar-refractivity contribution in [1.29, 1.82) is 0 Å². The van der Waals surface area contributed by atoms with E-state index in [0.717, 1.165) is 12.8 Å². The summed E-state index contributed by atoms with van der Waals surface area (Å²) in [5.74, 6) is -0.371. The predicted octanol–water partition coefficient (Wildman–Crippen LogP) is 1.92. The maximum Gasteiger partial charge on any atom is 0.275 e. The molecule has 0 aliphatic carbocycles. The number of nitrogens with zero attached hydrogens (tertiary/aromatic N) is 2. The molecule has 0 spiro atoms. The Morgan fingerprint density at radius 1 is 1.50 bits per heavy atom. The van der Waals surface area contributed by atoms with Gasteiger partial charge in [-0.2, -0.15) is 0 Å². The Bertz CT molecular complexity index is 660. The molecule has 0 saturated carbocycles. The van der Waals surface area contributed by atoms with Gasteiger partial charge >= 0.3 is 0 Å². The van der Waals surface area contributed by atoms with Gasteiger partial charge in [0.2, 0.25) is 0 Å². The van der Waals surface area contributed by atoms with E-state index in [0.29, 0.717) is 23.3 Å². The number of hydrogen-bond donors (Lipinski definition) is 0. The molecule has 5 heteroatoms. The van der Waals surface area contributed by atoms with Gasteiger partial charge in [0.1, 0.15) is 17.6 Å². The van der Waals surface area contributed by atoms with Gasteiger partial charge in [-0.3, -0.25) is 4.79 Å². The summed E-state index contributed by atoms with van der Waals surface area (Å²) < 4.78 is 20.1. The first-order chi connectivity index (χ1) is 8.66. The van der Waals surface area contributed by atoms with Crippen LogP contribution < -0.4 is 5.56 Å². The zero-order chi connectivity index (χ0) is 12.7. The van der Waals surface area contributed by atoms with Gasteiger partial charge in [0.15, 0.2) is 0 Å². The molecule has 1 aromatic heterocycles. The molecule has 0 bridgehead atoms. The summed E-state index contributed by atoms with van der Waals surface area (Å²) in [6, 6.07) is 4.25. The Morgan fingerprint density at radius 3 is 3.06 bits per heavy atom. The summed E-state index contributed by atoms with van der Waals surface area (Å²) in [4.78, 5) is 16.5. The summed E-state index contributed by atoms with van der Waals surface area (Å²) in [6.07, 6.45) is 1.53. The Balaban J connectivity index is 2.25. The third-order valence-electron chi connectivity index (χ3n) is 3.30. The normalized spacial score (nSPS) is 19.6. The zero-order valence-electron chi connectivity index (χ0n) is 10.0. The largest absolute Gasteiger partial charge is 0.372 e. The molecule has 1 unspecified atom stereocenters. The lowest BCUT2D eigenvalue weighted by molar-refractivity contribution is 0.107. The Hall–Kier alpha value is -1.75. The van der Waals surface area contributed by atoms with E-state index in [1.54, 1.807) is 13.1 Å². The third kappa shape index (κ3) is 1.71. The molecule has 3 rings (SSSR count). The number of ether oxygens (including phenoxy) is 1. The van der Waals surface area contributed by atoms with E-state index < -0.39 is 0 Å². The molecule has 94 valence electrons. The van der Waals surface area contributed by atoms with Gasteiger partial charge in [-0.15, -0.1) is 0 Å². The second-order valence-corrected chi connectivity index (χ2v) is 4.50. The summed E-state index contributed by atoms with van der Waals surface area (Å²) >= 11 is 0. The average molecular weight is 248 g/mol. The van der Waals surface area contributed by atoms with Gasteiger partial charge in [0.05, 0.1) is 11.0 Å². The van der Waals surface area contributed by atoms with Crippen LogP contribution in [0.1, 0.15) is 24.6 Å². The molecule has 18 heavy (non-hydrogen) atoms. The first kappa shape index (κ1) is 11.3. The number of hydrogen-bond acceptors (Lipinski definition) is 3. The van der Waals surface area contributed by atoms with Crippen molar-refractivity contribution in [2.24, 2.45) is 7.05 Å². The molecule has 0 radical (unpaired) electrons.